The van der Waals surface area contributed by atoms with Crippen molar-refractivity contribution in [2.75, 3.05) is 5.32 Å². The number of nitro groups is 1. The highest BCUT2D eigenvalue weighted by molar-refractivity contribution is 9.10. The third-order valence-electron chi connectivity index (χ3n) is 3.53. The lowest BCUT2D eigenvalue weighted by Crippen LogP contribution is -2.18. The van der Waals surface area contributed by atoms with Gasteiger partial charge in [0.05, 0.1) is 11.1 Å². The highest BCUT2D eigenvalue weighted by atomic mass is 79.9. The summed E-state index contributed by atoms with van der Waals surface area (Å²) in [6.07, 6.45) is 1.67. The van der Waals surface area contributed by atoms with Gasteiger partial charge in [-0.1, -0.05) is 22.0 Å². The van der Waals surface area contributed by atoms with Gasteiger partial charge in [0.15, 0.2) is 0 Å². The number of non-ortho nitro benzene ring substituents is 1. The molecule has 28 heavy (non-hydrogen) atoms. The number of anilines is 1. The van der Waals surface area contributed by atoms with Gasteiger partial charge in [-0.05, 0) is 30.7 Å². The molecule has 0 aliphatic carbocycles. The smallest absolute Gasteiger partial charge is 0.270 e. The molecule has 0 aromatic heterocycles. The van der Waals surface area contributed by atoms with Gasteiger partial charge in [-0.3, -0.25) is 19.7 Å². The molecule has 0 aliphatic heterocycles. The van der Waals surface area contributed by atoms with Crippen molar-refractivity contribution in [1.29, 1.82) is 0 Å². The number of rotatable bonds is 8. The molecule has 0 radical (unpaired) electrons. The van der Waals surface area contributed by atoms with Gasteiger partial charge in [-0.25, -0.2) is 5.43 Å². The molecule has 0 bridgehead atoms. The minimum Gasteiger partial charge on any atom is -0.507 e. The number of hydrazone groups is 1. The van der Waals surface area contributed by atoms with E-state index in [1.807, 2.05) is 6.07 Å². The van der Waals surface area contributed by atoms with E-state index in [0.29, 0.717) is 12.1 Å². The van der Waals surface area contributed by atoms with E-state index in [-0.39, 0.29) is 35.7 Å². The van der Waals surface area contributed by atoms with Gasteiger partial charge in [0.25, 0.3) is 5.69 Å². The highest BCUT2D eigenvalue weighted by Gasteiger charge is 2.09. The minimum absolute atomic E-state index is 0.0736. The second kappa shape index (κ2) is 10.2. The second-order valence-electron chi connectivity index (χ2n) is 5.71. The zero-order chi connectivity index (χ0) is 20.5. The van der Waals surface area contributed by atoms with Gasteiger partial charge >= 0.3 is 0 Å². The largest absolute Gasteiger partial charge is 0.507 e. The number of hydrogen-bond donors (Lipinski definition) is 3. The van der Waals surface area contributed by atoms with Crippen molar-refractivity contribution in [3.8, 4) is 5.75 Å². The number of amides is 2. The zero-order valence-corrected chi connectivity index (χ0v) is 16.2. The van der Waals surface area contributed by atoms with Crippen molar-refractivity contribution in [3.05, 3.63) is 62.6 Å². The van der Waals surface area contributed by atoms with Crippen LogP contribution >= 0.6 is 15.9 Å². The quantitative estimate of drug-likeness (QED) is 0.323. The molecule has 9 nitrogen and oxygen atoms in total. The molecular formula is C18H17BrN4O5. The van der Waals surface area contributed by atoms with Crippen LogP contribution in [-0.2, 0) is 9.59 Å². The normalized spacial score (nSPS) is 10.6. The molecule has 0 heterocycles. The topological polar surface area (TPSA) is 134 Å². The number of phenolic OH excluding ortho intramolecular Hbond substituents is 1. The van der Waals surface area contributed by atoms with Gasteiger partial charge in [-0.15, -0.1) is 0 Å². The lowest BCUT2D eigenvalue weighted by molar-refractivity contribution is -0.384. The number of nitrogens with one attached hydrogen (secondary N) is 2. The standard InChI is InChI=1S/C18H17BrN4O5/c19-13-3-1-4-14(10-13)21-17(25)5-2-6-18(26)22-20-11-12-9-15(23(27)28)7-8-16(12)24/h1,3-4,7-11,24H,2,5-6H2,(H,21,25)(H,22,26)/b20-11+. The van der Waals surface area contributed by atoms with Gasteiger partial charge in [0.2, 0.25) is 11.8 Å². The molecular weight excluding hydrogens is 432 g/mol. The summed E-state index contributed by atoms with van der Waals surface area (Å²) in [6, 6.07) is 10.6. The van der Waals surface area contributed by atoms with Crippen LogP contribution in [0.15, 0.2) is 52.0 Å². The Morgan fingerprint density at radius 3 is 2.64 bits per heavy atom. The van der Waals surface area contributed by atoms with Crippen LogP contribution in [0.4, 0.5) is 11.4 Å². The number of hydrogen-bond acceptors (Lipinski definition) is 6. The van der Waals surface area contributed by atoms with Crippen molar-refractivity contribution < 1.29 is 19.6 Å². The average molecular weight is 449 g/mol. The number of carbonyl (C=O) groups excluding carboxylic acids is 2. The van der Waals surface area contributed by atoms with Gasteiger partial charge < -0.3 is 10.4 Å². The van der Waals surface area contributed by atoms with E-state index in [0.717, 1.165) is 22.8 Å². The summed E-state index contributed by atoms with van der Waals surface area (Å²) in [7, 11) is 0. The first kappa shape index (κ1) is 21.0. The predicted octanol–water partition coefficient (Wildman–Crippen LogP) is 3.32. The number of benzene rings is 2. The van der Waals surface area contributed by atoms with Crippen molar-refractivity contribution in [2.24, 2.45) is 5.10 Å². The Kier molecular flexibility index (Phi) is 7.64. The van der Waals surface area contributed by atoms with E-state index in [2.05, 4.69) is 31.8 Å². The van der Waals surface area contributed by atoms with Crippen molar-refractivity contribution >= 4 is 45.3 Å². The van der Waals surface area contributed by atoms with Crippen LogP contribution < -0.4 is 10.7 Å². The maximum atomic E-state index is 11.9. The second-order valence-corrected chi connectivity index (χ2v) is 6.62. The van der Waals surface area contributed by atoms with Crippen LogP contribution in [0.5, 0.6) is 5.75 Å². The predicted molar refractivity (Wildman–Crippen MR) is 107 cm³/mol. The Bertz CT molecular complexity index is 917. The first-order chi connectivity index (χ1) is 13.3. The number of halogens is 1. The van der Waals surface area contributed by atoms with Crippen LogP contribution in [0, 0.1) is 10.1 Å². The lowest BCUT2D eigenvalue weighted by atomic mass is 10.2. The fourth-order valence-corrected chi connectivity index (χ4v) is 2.59. The van der Waals surface area contributed by atoms with Gasteiger partial charge in [0, 0.05) is 40.7 Å². The molecule has 2 aromatic carbocycles. The molecule has 0 saturated heterocycles. The number of nitro benzene ring substituents is 1. The van der Waals surface area contributed by atoms with Crippen molar-refractivity contribution in [2.45, 2.75) is 19.3 Å². The third kappa shape index (κ3) is 6.80. The molecule has 0 saturated carbocycles. The molecule has 0 unspecified atom stereocenters. The summed E-state index contributed by atoms with van der Waals surface area (Å²) in [5.41, 5.74) is 2.80. The molecule has 2 amide bonds. The molecule has 146 valence electrons. The highest BCUT2D eigenvalue weighted by Crippen LogP contribution is 2.21. The van der Waals surface area contributed by atoms with Crippen LogP contribution in [-0.4, -0.2) is 28.1 Å². The number of carbonyl (C=O) groups is 2. The maximum absolute atomic E-state index is 11.9. The van der Waals surface area contributed by atoms with E-state index in [1.54, 1.807) is 18.2 Å². The Morgan fingerprint density at radius 2 is 1.93 bits per heavy atom. The Hall–Kier alpha value is -3.27. The fraction of sp³-hybridized carbons (Fsp3) is 0.167. The van der Waals surface area contributed by atoms with Crippen molar-refractivity contribution in [3.63, 3.8) is 0 Å². The van der Waals surface area contributed by atoms with Crippen LogP contribution in [0.1, 0.15) is 24.8 Å². The zero-order valence-electron chi connectivity index (χ0n) is 14.6. The number of aromatic hydroxyl groups is 1. The molecule has 2 aromatic rings. The molecule has 0 aliphatic rings. The van der Waals surface area contributed by atoms with Gasteiger partial charge in [-0.2, -0.15) is 5.10 Å². The maximum Gasteiger partial charge on any atom is 0.270 e. The minimum atomic E-state index is -0.603. The van der Waals surface area contributed by atoms with Crippen LogP contribution in [0.25, 0.3) is 0 Å². The first-order valence-corrected chi connectivity index (χ1v) is 8.99. The van der Waals surface area contributed by atoms with Crippen molar-refractivity contribution in [1.82, 2.24) is 5.43 Å². The molecule has 0 fully saturated rings. The summed E-state index contributed by atoms with van der Waals surface area (Å²) in [6.45, 7) is 0. The first-order valence-electron chi connectivity index (χ1n) is 8.20. The summed E-state index contributed by atoms with van der Waals surface area (Å²) in [4.78, 5) is 33.7. The SMILES string of the molecule is O=C(CCCC(=O)Nc1cccc(Br)c1)N/N=C/c1cc([N+](=O)[O-])ccc1O. The molecule has 0 atom stereocenters. The van der Waals surface area contributed by atoms with E-state index >= 15 is 0 Å². The monoisotopic (exact) mass is 448 g/mol. The Morgan fingerprint density at radius 1 is 1.18 bits per heavy atom. The van der Waals surface area contributed by atoms with E-state index < -0.39 is 10.8 Å². The summed E-state index contributed by atoms with van der Waals surface area (Å²) >= 11 is 3.31. The summed E-state index contributed by atoms with van der Waals surface area (Å²) in [5, 5.41) is 26.8. The Labute approximate surface area is 168 Å². The Balaban J connectivity index is 1.75. The third-order valence-corrected chi connectivity index (χ3v) is 4.02. The molecule has 2 rings (SSSR count). The number of nitrogens with zero attached hydrogens (tertiary/aromatic N) is 2. The average Bonchev–Trinajstić information content (AvgIpc) is 2.63. The van der Waals surface area contributed by atoms with E-state index in [1.165, 1.54) is 6.07 Å². The molecule has 3 N–H and O–H groups in total. The summed E-state index contributed by atoms with van der Waals surface area (Å²) < 4.78 is 0.845. The fourth-order valence-electron chi connectivity index (χ4n) is 2.19. The van der Waals surface area contributed by atoms with E-state index in [9.17, 15) is 24.8 Å². The van der Waals surface area contributed by atoms with Gasteiger partial charge in [0.1, 0.15) is 5.75 Å². The van der Waals surface area contributed by atoms with E-state index in [4.69, 9.17) is 0 Å². The molecule has 10 heteroatoms. The number of phenols is 1. The lowest BCUT2D eigenvalue weighted by Gasteiger charge is -2.05. The van der Waals surface area contributed by atoms with Crippen LogP contribution in [0.3, 0.4) is 0 Å². The summed E-state index contributed by atoms with van der Waals surface area (Å²) in [5.74, 6) is -0.833. The van der Waals surface area contributed by atoms with Crippen LogP contribution in [0.2, 0.25) is 0 Å². The molecule has 0 spiro atoms.